The zero-order valence-electron chi connectivity index (χ0n) is 12.3. The molecule has 0 bridgehead atoms. The van der Waals surface area contributed by atoms with Gasteiger partial charge in [0.25, 0.3) is 0 Å². The van der Waals surface area contributed by atoms with Crippen LogP contribution in [0, 0.1) is 5.92 Å². The summed E-state index contributed by atoms with van der Waals surface area (Å²) in [4.78, 5) is 23.0. The Morgan fingerprint density at radius 3 is 2.43 bits per heavy atom. The summed E-state index contributed by atoms with van der Waals surface area (Å²) >= 11 is 7.22. The van der Waals surface area contributed by atoms with Crippen LogP contribution in [0.2, 0.25) is 5.02 Å². The van der Waals surface area contributed by atoms with Gasteiger partial charge in [-0.1, -0.05) is 43.6 Å². The molecule has 0 spiro atoms. The van der Waals surface area contributed by atoms with E-state index < -0.39 is 11.2 Å². The lowest BCUT2D eigenvalue weighted by molar-refractivity contribution is -0.137. The van der Waals surface area contributed by atoms with Crippen molar-refractivity contribution in [1.29, 1.82) is 0 Å². The molecule has 0 radical (unpaired) electrons. The second-order valence-electron chi connectivity index (χ2n) is 5.12. The number of carbonyl (C=O) groups is 2. The number of hydrogen-bond acceptors (Lipinski definition) is 3. The van der Waals surface area contributed by atoms with Crippen LogP contribution in [0.5, 0.6) is 0 Å². The van der Waals surface area contributed by atoms with Gasteiger partial charge < -0.3 is 10.4 Å². The molecule has 0 aliphatic rings. The first-order valence-corrected chi connectivity index (χ1v) is 8.13. The molecule has 116 valence electrons. The molecule has 0 saturated heterocycles. The van der Waals surface area contributed by atoms with Crippen LogP contribution >= 0.6 is 23.4 Å². The standard InChI is InChI=1S/C15H20ClNO3S/c1-9(2)14(15(19)20)21-8-13(18)17-10(3)11-6-4-5-7-12(11)16/h4-7,9-10,14H,8H2,1-3H3,(H,17,18)(H,19,20). The Balaban J connectivity index is 2.54. The van der Waals surface area contributed by atoms with E-state index in [9.17, 15) is 9.59 Å². The highest BCUT2D eigenvalue weighted by atomic mass is 35.5. The van der Waals surface area contributed by atoms with Crippen LogP contribution in [0.1, 0.15) is 32.4 Å². The van der Waals surface area contributed by atoms with Crippen molar-refractivity contribution in [3.63, 3.8) is 0 Å². The number of carboxylic acids is 1. The third kappa shape index (κ3) is 5.59. The predicted molar refractivity (Wildman–Crippen MR) is 86.7 cm³/mol. The summed E-state index contributed by atoms with van der Waals surface area (Å²) in [5.41, 5.74) is 0.844. The predicted octanol–water partition coefficient (Wildman–Crippen LogP) is 3.36. The monoisotopic (exact) mass is 329 g/mol. The minimum absolute atomic E-state index is 0.0266. The van der Waals surface area contributed by atoms with Gasteiger partial charge in [-0.05, 0) is 24.5 Å². The van der Waals surface area contributed by atoms with Crippen molar-refractivity contribution in [2.45, 2.75) is 32.1 Å². The number of hydrogen-bond donors (Lipinski definition) is 2. The number of halogens is 1. The minimum atomic E-state index is -0.887. The van der Waals surface area contributed by atoms with Gasteiger partial charge in [0.1, 0.15) is 5.25 Å². The zero-order valence-corrected chi connectivity index (χ0v) is 13.9. The molecule has 2 N–H and O–H groups in total. The summed E-state index contributed by atoms with van der Waals surface area (Å²) in [6.07, 6.45) is 0. The summed E-state index contributed by atoms with van der Waals surface area (Å²) in [6, 6.07) is 7.10. The largest absolute Gasteiger partial charge is 0.480 e. The average molecular weight is 330 g/mol. The van der Waals surface area contributed by atoms with Gasteiger partial charge in [-0.15, -0.1) is 11.8 Å². The zero-order chi connectivity index (χ0) is 16.0. The Hall–Kier alpha value is -1.20. The molecule has 0 aromatic heterocycles. The summed E-state index contributed by atoms with van der Waals surface area (Å²) in [5.74, 6) is -0.994. The van der Waals surface area contributed by atoms with Gasteiger partial charge in [0, 0.05) is 5.02 Å². The molecule has 4 nitrogen and oxygen atoms in total. The molecular weight excluding hydrogens is 310 g/mol. The van der Waals surface area contributed by atoms with E-state index in [0.29, 0.717) is 5.02 Å². The van der Waals surface area contributed by atoms with Crippen molar-refractivity contribution in [3.8, 4) is 0 Å². The fourth-order valence-corrected chi connectivity index (χ4v) is 3.14. The van der Waals surface area contributed by atoms with Gasteiger partial charge in [0.05, 0.1) is 11.8 Å². The highest BCUT2D eigenvalue weighted by molar-refractivity contribution is 8.01. The van der Waals surface area contributed by atoms with Crippen molar-refractivity contribution >= 4 is 35.2 Å². The molecule has 1 amide bonds. The van der Waals surface area contributed by atoms with Gasteiger partial charge in [0.2, 0.25) is 5.91 Å². The third-order valence-electron chi connectivity index (χ3n) is 2.99. The fourth-order valence-electron chi connectivity index (χ4n) is 1.90. The normalized spacial score (nSPS) is 13.8. The average Bonchev–Trinajstić information content (AvgIpc) is 2.38. The van der Waals surface area contributed by atoms with E-state index in [1.54, 1.807) is 6.07 Å². The van der Waals surface area contributed by atoms with Crippen LogP contribution in [0.15, 0.2) is 24.3 Å². The molecule has 0 saturated carbocycles. The molecule has 0 fully saturated rings. The molecule has 0 heterocycles. The topological polar surface area (TPSA) is 66.4 Å². The number of carbonyl (C=O) groups excluding carboxylic acids is 1. The Bertz CT molecular complexity index is 507. The second-order valence-corrected chi connectivity index (χ2v) is 6.66. The Morgan fingerprint density at radius 1 is 1.29 bits per heavy atom. The maximum atomic E-state index is 11.9. The Kier molecular flexibility index (Phi) is 7.05. The SMILES string of the molecule is CC(NC(=O)CSC(C(=O)O)C(C)C)c1ccccc1Cl. The van der Waals surface area contributed by atoms with Crippen LogP contribution in [-0.2, 0) is 9.59 Å². The van der Waals surface area contributed by atoms with Gasteiger partial charge in [-0.3, -0.25) is 9.59 Å². The smallest absolute Gasteiger partial charge is 0.316 e. The first kappa shape index (κ1) is 17.9. The lowest BCUT2D eigenvalue weighted by atomic mass is 10.1. The minimum Gasteiger partial charge on any atom is -0.480 e. The summed E-state index contributed by atoms with van der Waals surface area (Å²) < 4.78 is 0. The number of carboxylic acid groups (broad SMARTS) is 1. The van der Waals surface area contributed by atoms with Crippen molar-refractivity contribution < 1.29 is 14.7 Å². The van der Waals surface area contributed by atoms with Crippen molar-refractivity contribution in [3.05, 3.63) is 34.9 Å². The van der Waals surface area contributed by atoms with Crippen LogP contribution in [-0.4, -0.2) is 28.0 Å². The number of amides is 1. The van der Waals surface area contributed by atoms with Crippen molar-refractivity contribution in [2.24, 2.45) is 5.92 Å². The van der Waals surface area contributed by atoms with E-state index in [1.165, 1.54) is 0 Å². The second kappa shape index (κ2) is 8.29. The van der Waals surface area contributed by atoms with E-state index in [-0.39, 0.29) is 23.6 Å². The van der Waals surface area contributed by atoms with E-state index in [0.717, 1.165) is 17.3 Å². The highest BCUT2D eigenvalue weighted by Gasteiger charge is 2.23. The van der Waals surface area contributed by atoms with Crippen molar-refractivity contribution in [2.75, 3.05) is 5.75 Å². The first-order chi connectivity index (χ1) is 9.82. The van der Waals surface area contributed by atoms with Crippen LogP contribution < -0.4 is 5.32 Å². The number of aliphatic carboxylic acids is 1. The summed E-state index contributed by atoms with van der Waals surface area (Å²) in [6.45, 7) is 5.51. The van der Waals surface area contributed by atoms with Gasteiger partial charge in [-0.2, -0.15) is 0 Å². The van der Waals surface area contributed by atoms with Crippen molar-refractivity contribution in [1.82, 2.24) is 5.32 Å². The molecular formula is C15H20ClNO3S. The molecule has 1 aromatic carbocycles. The van der Waals surface area contributed by atoms with Crippen LogP contribution in [0.3, 0.4) is 0 Å². The summed E-state index contributed by atoms with van der Waals surface area (Å²) in [7, 11) is 0. The van der Waals surface area contributed by atoms with Gasteiger partial charge in [0.15, 0.2) is 0 Å². The quantitative estimate of drug-likeness (QED) is 0.805. The Labute approximate surface area is 134 Å². The lowest BCUT2D eigenvalue weighted by Gasteiger charge is -2.18. The van der Waals surface area contributed by atoms with Gasteiger partial charge >= 0.3 is 5.97 Å². The number of rotatable bonds is 7. The van der Waals surface area contributed by atoms with E-state index in [4.69, 9.17) is 16.7 Å². The molecule has 6 heteroatoms. The molecule has 0 aliphatic carbocycles. The maximum Gasteiger partial charge on any atom is 0.316 e. The number of benzene rings is 1. The molecule has 0 aliphatic heterocycles. The summed E-state index contributed by atoms with van der Waals surface area (Å²) in [5, 5.41) is 11.9. The number of nitrogens with one attached hydrogen (secondary N) is 1. The molecule has 2 atom stereocenters. The molecule has 21 heavy (non-hydrogen) atoms. The highest BCUT2D eigenvalue weighted by Crippen LogP contribution is 2.23. The Morgan fingerprint density at radius 2 is 1.90 bits per heavy atom. The van der Waals surface area contributed by atoms with E-state index in [2.05, 4.69) is 5.32 Å². The third-order valence-corrected chi connectivity index (χ3v) is 4.87. The maximum absolute atomic E-state index is 11.9. The van der Waals surface area contributed by atoms with E-state index in [1.807, 2.05) is 39.0 Å². The van der Waals surface area contributed by atoms with Crippen LogP contribution in [0.4, 0.5) is 0 Å². The van der Waals surface area contributed by atoms with E-state index >= 15 is 0 Å². The molecule has 1 aromatic rings. The van der Waals surface area contributed by atoms with Gasteiger partial charge in [-0.25, -0.2) is 0 Å². The fraction of sp³-hybridized carbons (Fsp3) is 0.467. The lowest BCUT2D eigenvalue weighted by Crippen LogP contribution is -2.31. The van der Waals surface area contributed by atoms with Crippen LogP contribution in [0.25, 0.3) is 0 Å². The first-order valence-electron chi connectivity index (χ1n) is 6.71. The molecule has 1 rings (SSSR count). The molecule has 2 unspecified atom stereocenters. The number of thioether (sulfide) groups is 1.